The third kappa shape index (κ3) is 1.94. The van der Waals surface area contributed by atoms with E-state index in [-0.39, 0.29) is 5.72 Å². The second kappa shape index (κ2) is 2.62. The topological polar surface area (TPSA) is 12.5 Å². The van der Waals surface area contributed by atoms with Crippen LogP contribution >= 0.6 is 0 Å². The van der Waals surface area contributed by atoms with Crippen LogP contribution in [0.25, 0.3) is 0 Å². The predicted octanol–water partition coefficient (Wildman–Crippen LogP) is 0.384. The maximum absolute atomic E-state index is 4.93. The molecule has 0 saturated carbocycles. The van der Waals surface area contributed by atoms with Gasteiger partial charge in [0.2, 0.25) is 10.5 Å². The molecule has 0 saturated heterocycles. The Bertz CT molecular complexity index is 72.8. The van der Waals surface area contributed by atoms with Gasteiger partial charge in [0.25, 0.3) is 0 Å². The number of hydrogen-bond donors (Lipinski definition) is 0. The highest BCUT2D eigenvalue weighted by Gasteiger charge is 2.17. The van der Waals surface area contributed by atoms with Crippen LogP contribution in [0.5, 0.6) is 0 Å². The van der Waals surface area contributed by atoms with Gasteiger partial charge < -0.3 is 4.43 Å². The molecule has 0 amide bonds. The van der Waals surface area contributed by atoms with E-state index in [4.69, 9.17) is 4.43 Å². The molecule has 0 bridgehead atoms. The molecule has 8 heavy (non-hydrogen) atoms. The van der Waals surface area contributed by atoms with Gasteiger partial charge in [-0.15, -0.1) is 0 Å². The van der Waals surface area contributed by atoms with Crippen LogP contribution in [0.2, 0.25) is 0 Å². The molecule has 0 N–H and O–H groups in total. The summed E-state index contributed by atoms with van der Waals surface area (Å²) in [5.74, 6) is 0. The summed E-state index contributed by atoms with van der Waals surface area (Å²) in [4.78, 5) is 1.97. The molecule has 0 rings (SSSR count). The minimum atomic E-state index is -0.211. The fraction of sp³-hybridized carbons (Fsp3) is 1.00. The van der Waals surface area contributed by atoms with Gasteiger partial charge in [0.15, 0.2) is 0 Å². The van der Waals surface area contributed by atoms with E-state index in [1.54, 1.807) is 0 Å². The second-order valence-electron chi connectivity index (χ2n) is 2.44. The van der Waals surface area contributed by atoms with Gasteiger partial charge in [-0.1, -0.05) is 0 Å². The van der Waals surface area contributed by atoms with Crippen LogP contribution in [0.4, 0.5) is 0 Å². The SMILES string of the molecule is CN(C)C(C)(C)O[Si]. The fourth-order valence-electron chi connectivity index (χ4n) is 0.0913. The van der Waals surface area contributed by atoms with Crippen LogP contribution in [-0.2, 0) is 4.43 Å². The van der Waals surface area contributed by atoms with Crippen molar-refractivity contribution in [3.05, 3.63) is 0 Å². The lowest BCUT2D eigenvalue weighted by molar-refractivity contribution is -0.0170. The van der Waals surface area contributed by atoms with E-state index in [2.05, 4.69) is 10.5 Å². The third-order valence-corrected chi connectivity index (χ3v) is 1.83. The van der Waals surface area contributed by atoms with Gasteiger partial charge in [0.05, 0.1) is 0 Å². The standard InChI is InChI=1S/C5H12NOSi/c1-5(2,7-8)6(3)4/h1-4H3. The molecule has 47 valence electrons. The van der Waals surface area contributed by atoms with Crippen molar-refractivity contribution in [3.63, 3.8) is 0 Å². The van der Waals surface area contributed by atoms with E-state index < -0.39 is 0 Å². The molecule has 0 aliphatic rings. The van der Waals surface area contributed by atoms with Crippen molar-refractivity contribution in [1.29, 1.82) is 0 Å². The minimum absolute atomic E-state index is 0.211. The lowest BCUT2D eigenvalue weighted by Gasteiger charge is -2.30. The summed E-state index contributed by atoms with van der Waals surface area (Å²) < 4.78 is 4.93. The first-order chi connectivity index (χ1) is 3.50. The fourth-order valence-corrected chi connectivity index (χ4v) is 0.274. The lowest BCUT2D eigenvalue weighted by atomic mass is 10.3. The van der Waals surface area contributed by atoms with Crippen LogP contribution in [0.15, 0.2) is 0 Å². The highest BCUT2D eigenvalue weighted by atomic mass is 28.2. The van der Waals surface area contributed by atoms with E-state index >= 15 is 0 Å². The molecule has 0 spiro atoms. The molecular weight excluding hydrogens is 118 g/mol. The van der Waals surface area contributed by atoms with Gasteiger partial charge in [0.1, 0.15) is 5.72 Å². The van der Waals surface area contributed by atoms with Crippen molar-refractivity contribution in [2.24, 2.45) is 0 Å². The van der Waals surface area contributed by atoms with E-state index in [0.717, 1.165) is 0 Å². The van der Waals surface area contributed by atoms with Crippen molar-refractivity contribution in [2.75, 3.05) is 14.1 Å². The second-order valence-corrected chi connectivity index (χ2v) is 2.65. The molecule has 3 heteroatoms. The van der Waals surface area contributed by atoms with Gasteiger partial charge in [-0.2, -0.15) is 0 Å². The van der Waals surface area contributed by atoms with E-state index in [9.17, 15) is 0 Å². The number of hydrogen-bond acceptors (Lipinski definition) is 2. The Kier molecular flexibility index (Phi) is 2.66. The average Bonchev–Trinajstić information content (AvgIpc) is 1.67. The zero-order valence-corrected chi connectivity index (χ0v) is 6.86. The smallest absolute Gasteiger partial charge is 0.248 e. The molecule has 0 atom stereocenters. The molecule has 0 fully saturated rings. The van der Waals surface area contributed by atoms with Crippen LogP contribution in [0, 0.1) is 0 Å². The van der Waals surface area contributed by atoms with Crippen molar-refractivity contribution in [1.82, 2.24) is 4.90 Å². The Morgan fingerprint density at radius 1 is 1.38 bits per heavy atom. The first-order valence-corrected chi connectivity index (χ1v) is 2.93. The largest absolute Gasteiger partial charge is 0.401 e. The summed E-state index contributed by atoms with van der Waals surface area (Å²) in [6.45, 7) is 3.94. The van der Waals surface area contributed by atoms with Crippen molar-refractivity contribution in [3.8, 4) is 0 Å². The zero-order valence-electron chi connectivity index (χ0n) is 5.86. The normalized spacial score (nSPS) is 12.8. The molecule has 0 aliphatic heterocycles. The highest BCUT2D eigenvalue weighted by Crippen LogP contribution is 2.07. The predicted molar refractivity (Wildman–Crippen MR) is 34.6 cm³/mol. The Morgan fingerprint density at radius 3 is 1.75 bits per heavy atom. The van der Waals surface area contributed by atoms with Crippen molar-refractivity contribution >= 4 is 10.5 Å². The first-order valence-electron chi connectivity index (χ1n) is 2.53. The molecule has 2 nitrogen and oxygen atoms in total. The first kappa shape index (κ1) is 8.14. The average molecular weight is 130 g/mol. The van der Waals surface area contributed by atoms with E-state index in [1.807, 2.05) is 32.8 Å². The van der Waals surface area contributed by atoms with Crippen LogP contribution in [-0.4, -0.2) is 35.2 Å². The minimum Gasteiger partial charge on any atom is -0.401 e. The van der Waals surface area contributed by atoms with E-state index in [0.29, 0.717) is 0 Å². The quantitative estimate of drug-likeness (QED) is 0.396. The molecule has 0 aromatic rings. The lowest BCUT2D eigenvalue weighted by Crippen LogP contribution is -2.40. The van der Waals surface area contributed by atoms with Gasteiger partial charge in [0, 0.05) is 0 Å². The summed E-state index contributed by atoms with van der Waals surface area (Å²) in [6.07, 6.45) is 0. The maximum Gasteiger partial charge on any atom is 0.248 e. The molecule has 0 aromatic carbocycles. The Balaban J connectivity index is 3.71. The monoisotopic (exact) mass is 130 g/mol. The van der Waals surface area contributed by atoms with Gasteiger partial charge in [-0.25, -0.2) is 0 Å². The summed E-state index contributed by atoms with van der Waals surface area (Å²) in [7, 11) is 6.89. The molecule has 0 aromatic heterocycles. The summed E-state index contributed by atoms with van der Waals surface area (Å²) in [5, 5.41) is 0. The third-order valence-electron chi connectivity index (χ3n) is 1.33. The van der Waals surface area contributed by atoms with Crippen molar-refractivity contribution < 1.29 is 4.43 Å². The molecule has 0 unspecified atom stereocenters. The summed E-state index contributed by atoms with van der Waals surface area (Å²) in [5.41, 5.74) is -0.211. The van der Waals surface area contributed by atoms with Gasteiger partial charge >= 0.3 is 0 Å². The van der Waals surface area contributed by atoms with Crippen LogP contribution < -0.4 is 0 Å². The zero-order chi connectivity index (χ0) is 6.78. The maximum atomic E-state index is 4.93. The molecule has 0 heterocycles. The Labute approximate surface area is 54.4 Å². The Hall–Kier alpha value is 0.137. The van der Waals surface area contributed by atoms with E-state index in [1.165, 1.54) is 0 Å². The van der Waals surface area contributed by atoms with Crippen LogP contribution in [0.3, 0.4) is 0 Å². The number of nitrogens with zero attached hydrogens (tertiary/aromatic N) is 1. The Morgan fingerprint density at radius 2 is 1.75 bits per heavy atom. The van der Waals surface area contributed by atoms with Gasteiger partial charge in [-0.05, 0) is 27.9 Å². The summed E-state index contributed by atoms with van der Waals surface area (Å²) in [6, 6.07) is 0. The molecular formula is C5H12NOSi. The van der Waals surface area contributed by atoms with Crippen molar-refractivity contribution in [2.45, 2.75) is 19.6 Å². The highest BCUT2D eigenvalue weighted by molar-refractivity contribution is 5.98. The summed E-state index contributed by atoms with van der Waals surface area (Å²) >= 11 is 0. The molecule has 0 aliphatic carbocycles. The molecule has 3 radical (unpaired) electrons. The number of rotatable bonds is 2. The van der Waals surface area contributed by atoms with Gasteiger partial charge in [-0.3, -0.25) is 4.90 Å². The van der Waals surface area contributed by atoms with Crippen LogP contribution in [0.1, 0.15) is 13.8 Å².